The van der Waals surface area contributed by atoms with E-state index in [0.717, 1.165) is 24.1 Å². The number of likely N-dealkylation sites (N-methyl/N-ethyl adjacent to an activating group) is 1. The van der Waals surface area contributed by atoms with Gasteiger partial charge in [-0.2, -0.15) is 5.10 Å². The molecule has 1 aromatic rings. The van der Waals surface area contributed by atoms with Crippen molar-refractivity contribution in [3.63, 3.8) is 0 Å². The number of carbonyl (C=O) groups is 1. The molecule has 1 saturated heterocycles. The van der Waals surface area contributed by atoms with Crippen molar-refractivity contribution < 1.29 is 18.3 Å². The first-order valence-corrected chi connectivity index (χ1v) is 14.1. The average Bonchev–Trinajstić information content (AvgIpc) is 3.80. The molecule has 2 aliphatic heterocycles. The van der Waals surface area contributed by atoms with E-state index < -0.39 is 6.43 Å². The molecule has 39 heavy (non-hydrogen) atoms. The van der Waals surface area contributed by atoms with Crippen LogP contribution in [-0.2, 0) is 22.5 Å². The molecule has 5 rings (SSSR count). The lowest BCUT2D eigenvalue weighted by Crippen LogP contribution is -2.35. The van der Waals surface area contributed by atoms with Crippen LogP contribution in [0.1, 0.15) is 56.3 Å². The predicted molar refractivity (Wildman–Crippen MR) is 149 cm³/mol. The number of rotatable bonds is 10. The first-order valence-electron chi connectivity index (χ1n) is 14.1. The fourth-order valence-electron chi connectivity index (χ4n) is 6.49. The zero-order valence-electron chi connectivity index (χ0n) is 23.4. The van der Waals surface area contributed by atoms with E-state index in [1.165, 1.54) is 18.9 Å². The number of fused-ring (bicyclic) bond motifs is 1. The highest BCUT2D eigenvalue weighted by Gasteiger charge is 2.69. The van der Waals surface area contributed by atoms with Crippen LogP contribution in [0.3, 0.4) is 0 Å². The summed E-state index contributed by atoms with van der Waals surface area (Å²) in [6.45, 7) is 12.1. The van der Waals surface area contributed by atoms with Crippen molar-refractivity contribution in [2.75, 3.05) is 38.8 Å². The molecular formula is C30H41F2N5O2. The Kier molecular flexibility index (Phi) is 7.84. The number of halogens is 2. The number of allylic oxidation sites excluding steroid dienone is 4. The molecule has 9 heteroatoms. The molecule has 1 spiro atoms. The van der Waals surface area contributed by atoms with E-state index in [4.69, 9.17) is 9.84 Å². The number of anilines is 1. The maximum Gasteiger partial charge on any atom is 0.264 e. The number of nitrogens with zero attached hydrogens (tertiary/aromatic N) is 4. The maximum absolute atomic E-state index is 14.2. The fraction of sp³-hybridized carbons (Fsp3) is 0.600. The second-order valence-electron chi connectivity index (χ2n) is 11.4. The van der Waals surface area contributed by atoms with Crippen molar-refractivity contribution in [2.45, 2.75) is 70.5 Å². The van der Waals surface area contributed by atoms with Crippen molar-refractivity contribution in [1.82, 2.24) is 20.0 Å². The van der Waals surface area contributed by atoms with Gasteiger partial charge in [0.25, 0.3) is 6.43 Å². The minimum Gasteiger partial charge on any atom is -0.381 e. The van der Waals surface area contributed by atoms with Crippen LogP contribution in [0.5, 0.6) is 0 Å². The number of hydrogen-bond donors (Lipinski definition) is 1. The number of alkyl halides is 2. The number of carbonyl (C=O) groups excluding carboxylic acids is 1. The minimum atomic E-state index is -2.67. The standard InChI is InChI=1S/C30H41F2N5O2/c1-19(7-6-8-25-27(33-4)30(25)12-13-30)23(28(31)32)17-20(2)35(5)29-24-18-36(21(3)38)14-9-26(24)37(34-29)22-10-15-39-16-11-22/h6,8,17,22,25,27-28,33H,1-2,7,9-16,18H2,3-5H3/b8-6-,23-17+. The lowest BCUT2D eigenvalue weighted by molar-refractivity contribution is -0.129. The van der Waals surface area contributed by atoms with Crippen molar-refractivity contribution >= 4 is 11.7 Å². The summed E-state index contributed by atoms with van der Waals surface area (Å²) < 4.78 is 36.0. The SMILES string of the molecule is C=C(C/C=C\C1C(NC)C12CC2)/C(=C\C(=C)N(C)c1nn(C2CCOCC2)c2c1CN(C(C)=O)CC2)C(F)F. The molecule has 2 aliphatic carbocycles. The summed E-state index contributed by atoms with van der Waals surface area (Å²) >= 11 is 0. The van der Waals surface area contributed by atoms with Gasteiger partial charge in [-0.05, 0) is 62.1 Å². The zero-order chi connectivity index (χ0) is 27.9. The summed E-state index contributed by atoms with van der Waals surface area (Å²) in [5.41, 5.74) is 3.16. The number of ether oxygens (including phenoxy) is 1. The van der Waals surface area contributed by atoms with Gasteiger partial charge in [-0.15, -0.1) is 0 Å². The summed E-state index contributed by atoms with van der Waals surface area (Å²) in [5.74, 6) is 1.15. The third kappa shape index (κ3) is 5.35. The lowest BCUT2D eigenvalue weighted by atomic mass is 10.0. The Morgan fingerprint density at radius 3 is 2.62 bits per heavy atom. The number of amides is 1. The molecule has 3 fully saturated rings. The van der Waals surface area contributed by atoms with Crippen LogP contribution in [-0.4, -0.2) is 66.9 Å². The van der Waals surface area contributed by atoms with Gasteiger partial charge >= 0.3 is 0 Å². The minimum absolute atomic E-state index is 0.0102. The van der Waals surface area contributed by atoms with Crippen LogP contribution in [0.4, 0.5) is 14.6 Å². The van der Waals surface area contributed by atoms with Crippen LogP contribution in [0, 0.1) is 11.3 Å². The van der Waals surface area contributed by atoms with E-state index in [1.807, 2.05) is 13.1 Å². The molecule has 3 heterocycles. The number of nitrogens with one attached hydrogen (secondary N) is 1. The van der Waals surface area contributed by atoms with E-state index in [1.54, 1.807) is 23.8 Å². The van der Waals surface area contributed by atoms with Gasteiger partial charge in [0.15, 0.2) is 5.82 Å². The molecule has 2 unspecified atom stereocenters. The highest BCUT2D eigenvalue weighted by molar-refractivity contribution is 5.74. The third-order valence-electron chi connectivity index (χ3n) is 9.14. The number of aromatic nitrogens is 2. The smallest absolute Gasteiger partial charge is 0.264 e. The van der Waals surface area contributed by atoms with E-state index in [2.05, 4.69) is 29.2 Å². The van der Waals surface area contributed by atoms with E-state index >= 15 is 0 Å². The van der Waals surface area contributed by atoms with E-state index in [0.29, 0.717) is 73.6 Å². The van der Waals surface area contributed by atoms with Crippen LogP contribution < -0.4 is 10.2 Å². The van der Waals surface area contributed by atoms with Gasteiger partial charge in [0.1, 0.15) is 0 Å². The van der Waals surface area contributed by atoms with Gasteiger partial charge in [-0.3, -0.25) is 9.48 Å². The summed E-state index contributed by atoms with van der Waals surface area (Å²) in [6, 6.07) is 0.723. The van der Waals surface area contributed by atoms with Crippen molar-refractivity contribution in [3.8, 4) is 0 Å². The van der Waals surface area contributed by atoms with Crippen LogP contribution in [0.25, 0.3) is 0 Å². The second kappa shape index (κ2) is 11.0. The van der Waals surface area contributed by atoms with Crippen molar-refractivity contribution in [1.29, 1.82) is 0 Å². The largest absolute Gasteiger partial charge is 0.381 e. The summed E-state index contributed by atoms with van der Waals surface area (Å²) in [6.07, 6.45) is 8.20. The Hall–Kier alpha value is -2.78. The molecule has 4 aliphatic rings. The highest BCUT2D eigenvalue weighted by Crippen LogP contribution is 2.70. The Labute approximate surface area is 230 Å². The summed E-state index contributed by atoms with van der Waals surface area (Å²) in [5, 5.41) is 8.34. The monoisotopic (exact) mass is 541 g/mol. The summed E-state index contributed by atoms with van der Waals surface area (Å²) in [4.78, 5) is 15.7. The first-order chi connectivity index (χ1) is 18.7. The third-order valence-corrected chi connectivity index (χ3v) is 9.14. The normalized spacial score (nSPS) is 24.4. The Morgan fingerprint density at radius 2 is 2.03 bits per heavy atom. The van der Waals surface area contributed by atoms with Crippen LogP contribution in [0.15, 0.2) is 48.2 Å². The molecule has 1 aromatic heterocycles. The predicted octanol–water partition coefficient (Wildman–Crippen LogP) is 4.78. The quantitative estimate of drug-likeness (QED) is 0.341. The van der Waals surface area contributed by atoms with Gasteiger partial charge in [-0.25, -0.2) is 8.78 Å². The van der Waals surface area contributed by atoms with E-state index in [9.17, 15) is 13.6 Å². The summed E-state index contributed by atoms with van der Waals surface area (Å²) in [7, 11) is 3.78. The number of hydrogen-bond acceptors (Lipinski definition) is 5. The van der Waals surface area contributed by atoms with Gasteiger partial charge < -0.3 is 19.9 Å². The first kappa shape index (κ1) is 27.8. The Morgan fingerprint density at radius 1 is 1.31 bits per heavy atom. The Bertz CT molecular complexity index is 1190. The molecule has 7 nitrogen and oxygen atoms in total. The zero-order valence-corrected chi connectivity index (χ0v) is 23.4. The van der Waals surface area contributed by atoms with Crippen LogP contribution >= 0.6 is 0 Å². The maximum atomic E-state index is 14.2. The van der Waals surface area contributed by atoms with Gasteiger partial charge in [0.2, 0.25) is 5.91 Å². The molecule has 1 N–H and O–H groups in total. The molecule has 2 saturated carbocycles. The molecular weight excluding hydrogens is 500 g/mol. The van der Waals surface area contributed by atoms with E-state index in [-0.39, 0.29) is 17.5 Å². The van der Waals surface area contributed by atoms with Gasteiger partial charge in [-0.1, -0.05) is 25.3 Å². The molecule has 0 aromatic carbocycles. The lowest BCUT2D eigenvalue weighted by Gasteiger charge is -2.29. The van der Waals surface area contributed by atoms with Gasteiger partial charge in [0.05, 0.1) is 12.6 Å². The molecule has 0 radical (unpaired) electrons. The van der Waals surface area contributed by atoms with Crippen molar-refractivity contribution in [3.05, 3.63) is 59.5 Å². The molecule has 0 bridgehead atoms. The van der Waals surface area contributed by atoms with Crippen LogP contribution in [0.2, 0.25) is 0 Å². The second-order valence-corrected chi connectivity index (χ2v) is 11.4. The average molecular weight is 542 g/mol. The Balaban J connectivity index is 1.34. The molecule has 212 valence electrons. The molecule has 2 atom stereocenters. The van der Waals surface area contributed by atoms with Gasteiger partial charge in [0, 0.05) is 68.7 Å². The topological polar surface area (TPSA) is 62.6 Å². The molecule has 1 amide bonds. The highest BCUT2D eigenvalue weighted by atomic mass is 19.3. The van der Waals surface area contributed by atoms with Crippen molar-refractivity contribution in [2.24, 2.45) is 11.3 Å². The fourth-order valence-corrected chi connectivity index (χ4v) is 6.49.